The molecule has 1 aromatic carbocycles. The van der Waals surface area contributed by atoms with Crippen LogP contribution in [0.2, 0.25) is 0 Å². The highest BCUT2D eigenvalue weighted by Gasteiger charge is 2.29. The van der Waals surface area contributed by atoms with E-state index >= 15 is 0 Å². The quantitative estimate of drug-likeness (QED) is 0.679. The minimum atomic E-state index is -0.676. The van der Waals surface area contributed by atoms with E-state index in [-0.39, 0.29) is 11.7 Å². The van der Waals surface area contributed by atoms with Gasteiger partial charge >= 0.3 is 5.97 Å². The first kappa shape index (κ1) is 15.6. The van der Waals surface area contributed by atoms with Crippen LogP contribution < -0.4 is 4.90 Å². The number of esters is 1. The van der Waals surface area contributed by atoms with E-state index in [1.165, 1.54) is 12.0 Å². The number of ether oxygens (including phenoxy) is 1. The van der Waals surface area contributed by atoms with Gasteiger partial charge in [0.2, 0.25) is 5.91 Å². The van der Waals surface area contributed by atoms with Crippen molar-refractivity contribution >= 4 is 30.2 Å². The van der Waals surface area contributed by atoms with Gasteiger partial charge in [-0.1, -0.05) is 18.2 Å². The number of para-hydroxylation sites is 1. The van der Waals surface area contributed by atoms with E-state index in [2.05, 4.69) is 12.6 Å². The van der Waals surface area contributed by atoms with Gasteiger partial charge in [0.15, 0.2) is 0 Å². The average Bonchev–Trinajstić information content (AvgIpc) is 2.40. The summed E-state index contributed by atoms with van der Waals surface area (Å²) in [6.45, 7) is 5.47. The van der Waals surface area contributed by atoms with Crippen molar-refractivity contribution in [1.82, 2.24) is 0 Å². The predicted molar refractivity (Wildman–Crippen MR) is 78.7 cm³/mol. The predicted octanol–water partition coefficient (Wildman–Crippen LogP) is 2.13. The molecule has 4 nitrogen and oxygen atoms in total. The Bertz CT molecular complexity index is 467. The van der Waals surface area contributed by atoms with Crippen molar-refractivity contribution < 1.29 is 14.3 Å². The Kier molecular flexibility index (Phi) is 5.42. The van der Waals surface area contributed by atoms with Crippen LogP contribution in [0.3, 0.4) is 0 Å². The number of hydrogen-bond donors (Lipinski definition) is 1. The van der Waals surface area contributed by atoms with E-state index in [1.54, 1.807) is 6.92 Å². The van der Waals surface area contributed by atoms with E-state index in [0.717, 1.165) is 16.8 Å². The van der Waals surface area contributed by atoms with Gasteiger partial charge in [0.1, 0.15) is 6.04 Å². The Hall–Kier alpha value is -1.49. The van der Waals surface area contributed by atoms with Gasteiger partial charge in [-0.3, -0.25) is 9.69 Å². The van der Waals surface area contributed by atoms with Crippen LogP contribution in [0.15, 0.2) is 18.2 Å². The second kappa shape index (κ2) is 6.61. The fourth-order valence-corrected chi connectivity index (χ4v) is 2.22. The maximum absolute atomic E-state index is 12.1. The Balaban J connectivity index is 3.32. The van der Waals surface area contributed by atoms with Gasteiger partial charge in [0.25, 0.3) is 0 Å². The maximum atomic E-state index is 12.1. The van der Waals surface area contributed by atoms with Crippen molar-refractivity contribution in [1.29, 1.82) is 0 Å². The summed E-state index contributed by atoms with van der Waals surface area (Å²) in [5.74, 6) is -0.633. The lowest BCUT2D eigenvalue weighted by atomic mass is 10.1. The van der Waals surface area contributed by atoms with Crippen LogP contribution in [-0.2, 0) is 14.3 Å². The number of anilines is 1. The third-order valence-corrected chi connectivity index (χ3v) is 3.28. The number of rotatable bonds is 4. The number of carbonyl (C=O) groups excluding carboxylic acids is 2. The van der Waals surface area contributed by atoms with Gasteiger partial charge in [-0.15, -0.1) is 0 Å². The Morgan fingerprint density at radius 3 is 2.26 bits per heavy atom. The first-order chi connectivity index (χ1) is 8.93. The summed E-state index contributed by atoms with van der Waals surface area (Å²) in [4.78, 5) is 25.3. The maximum Gasteiger partial charge on any atom is 0.328 e. The van der Waals surface area contributed by atoms with Crippen LogP contribution in [0.1, 0.15) is 18.1 Å². The summed E-state index contributed by atoms with van der Waals surface area (Å²) in [7, 11) is 1.31. The second-order valence-electron chi connectivity index (χ2n) is 4.36. The van der Waals surface area contributed by atoms with E-state index in [0.29, 0.717) is 0 Å². The van der Waals surface area contributed by atoms with E-state index in [4.69, 9.17) is 4.74 Å². The molecule has 1 atom stereocenters. The summed E-state index contributed by atoms with van der Waals surface area (Å²) in [6, 6.07) is 5.06. The van der Waals surface area contributed by atoms with Gasteiger partial charge in [-0.25, -0.2) is 4.79 Å². The van der Waals surface area contributed by atoms with Gasteiger partial charge in [-0.05, 0) is 31.9 Å². The molecule has 0 saturated heterocycles. The molecule has 0 radical (unpaired) electrons. The zero-order chi connectivity index (χ0) is 14.6. The zero-order valence-electron chi connectivity index (χ0n) is 11.6. The molecule has 0 aliphatic heterocycles. The van der Waals surface area contributed by atoms with Crippen molar-refractivity contribution in [3.05, 3.63) is 29.3 Å². The van der Waals surface area contributed by atoms with Gasteiger partial charge in [0, 0.05) is 0 Å². The van der Waals surface area contributed by atoms with Crippen molar-refractivity contribution in [3.8, 4) is 0 Å². The van der Waals surface area contributed by atoms with Gasteiger partial charge in [0.05, 0.1) is 18.6 Å². The van der Waals surface area contributed by atoms with E-state index in [9.17, 15) is 9.59 Å². The Labute approximate surface area is 119 Å². The van der Waals surface area contributed by atoms with Gasteiger partial charge in [-0.2, -0.15) is 12.6 Å². The smallest absolute Gasteiger partial charge is 0.328 e. The highest BCUT2D eigenvalue weighted by Crippen LogP contribution is 2.27. The monoisotopic (exact) mass is 281 g/mol. The summed E-state index contributed by atoms with van der Waals surface area (Å²) in [6.07, 6.45) is 0. The molecule has 1 unspecified atom stereocenters. The lowest BCUT2D eigenvalue weighted by molar-refractivity contribution is -0.142. The van der Waals surface area contributed by atoms with Crippen molar-refractivity contribution in [3.63, 3.8) is 0 Å². The fraction of sp³-hybridized carbons (Fsp3) is 0.429. The molecule has 0 aliphatic rings. The molecule has 19 heavy (non-hydrogen) atoms. The van der Waals surface area contributed by atoms with Crippen LogP contribution in [-0.4, -0.2) is 30.8 Å². The SMILES string of the molecule is COC(=O)C(C)N(C(=O)CS)c1c(C)cccc1C. The lowest BCUT2D eigenvalue weighted by Crippen LogP contribution is -2.45. The highest BCUT2D eigenvalue weighted by molar-refractivity contribution is 7.81. The fourth-order valence-electron chi connectivity index (χ4n) is 2.07. The largest absolute Gasteiger partial charge is 0.467 e. The number of benzene rings is 1. The number of nitrogens with zero attached hydrogens (tertiary/aromatic N) is 1. The van der Waals surface area contributed by atoms with Gasteiger partial charge < -0.3 is 4.74 Å². The molecular weight excluding hydrogens is 262 g/mol. The number of hydrogen-bond acceptors (Lipinski definition) is 4. The number of amides is 1. The summed E-state index contributed by atoms with van der Waals surface area (Å²) in [5, 5.41) is 0. The van der Waals surface area contributed by atoms with Crippen LogP contribution in [0.25, 0.3) is 0 Å². The van der Waals surface area contributed by atoms with Crippen LogP contribution in [0.4, 0.5) is 5.69 Å². The normalized spacial score (nSPS) is 11.8. The molecule has 0 heterocycles. The number of methoxy groups -OCH3 is 1. The van der Waals surface area contributed by atoms with E-state index in [1.807, 2.05) is 32.0 Å². The van der Waals surface area contributed by atoms with Crippen molar-refractivity contribution in [2.24, 2.45) is 0 Å². The molecule has 0 aliphatic carbocycles. The lowest BCUT2D eigenvalue weighted by Gasteiger charge is -2.30. The minimum Gasteiger partial charge on any atom is -0.467 e. The molecule has 0 spiro atoms. The van der Waals surface area contributed by atoms with Crippen LogP contribution >= 0.6 is 12.6 Å². The standard InChI is InChI=1S/C14H19NO3S/c1-9-6-5-7-10(2)13(9)15(12(16)8-19)11(3)14(17)18-4/h5-7,11,19H,8H2,1-4H3. The summed E-state index contributed by atoms with van der Waals surface area (Å²) >= 11 is 4.02. The third-order valence-electron chi connectivity index (χ3n) is 3.01. The molecule has 0 bridgehead atoms. The third kappa shape index (κ3) is 3.29. The molecule has 0 aromatic heterocycles. The number of aryl methyl sites for hydroxylation is 2. The van der Waals surface area contributed by atoms with Crippen LogP contribution in [0, 0.1) is 13.8 Å². The first-order valence-corrected chi connectivity index (χ1v) is 6.64. The number of thiol groups is 1. The van der Waals surface area contributed by atoms with Crippen LogP contribution in [0.5, 0.6) is 0 Å². The van der Waals surface area contributed by atoms with Crippen molar-refractivity contribution in [2.75, 3.05) is 17.8 Å². The summed E-state index contributed by atoms with van der Waals surface area (Å²) in [5.41, 5.74) is 2.62. The van der Waals surface area contributed by atoms with E-state index < -0.39 is 12.0 Å². The van der Waals surface area contributed by atoms with Crippen molar-refractivity contribution in [2.45, 2.75) is 26.8 Å². The Morgan fingerprint density at radius 1 is 1.32 bits per heavy atom. The minimum absolute atomic E-state index is 0.0368. The molecule has 1 amide bonds. The molecule has 0 N–H and O–H groups in total. The highest BCUT2D eigenvalue weighted by atomic mass is 32.1. The Morgan fingerprint density at radius 2 is 1.84 bits per heavy atom. The topological polar surface area (TPSA) is 46.6 Å². The first-order valence-electron chi connectivity index (χ1n) is 6.01. The molecule has 5 heteroatoms. The summed E-state index contributed by atoms with van der Waals surface area (Å²) < 4.78 is 4.73. The molecular formula is C14H19NO3S. The molecule has 1 rings (SSSR count). The second-order valence-corrected chi connectivity index (χ2v) is 4.68. The molecule has 104 valence electrons. The molecule has 1 aromatic rings. The molecule has 0 saturated carbocycles. The zero-order valence-corrected chi connectivity index (χ0v) is 12.5. The molecule has 0 fully saturated rings. The number of carbonyl (C=O) groups is 2. The average molecular weight is 281 g/mol.